The Labute approximate surface area is 162 Å². The summed E-state index contributed by atoms with van der Waals surface area (Å²) >= 11 is 0. The first-order valence-corrected chi connectivity index (χ1v) is 9.13. The number of fused-ring (bicyclic) bond motifs is 2. The van der Waals surface area contributed by atoms with Gasteiger partial charge in [0.1, 0.15) is 6.10 Å². The number of nitrogens with zero attached hydrogens (tertiary/aromatic N) is 1. The third kappa shape index (κ3) is 3.77. The molecule has 0 aliphatic carbocycles. The fraction of sp³-hybridized carbons (Fsp3) is 0.333. The molecular weight excluding hydrogens is 362 g/mol. The second-order valence-corrected chi connectivity index (χ2v) is 6.85. The molecule has 2 aromatic rings. The van der Waals surface area contributed by atoms with Gasteiger partial charge in [0, 0.05) is 6.54 Å². The van der Waals surface area contributed by atoms with Gasteiger partial charge in [-0.15, -0.1) is 0 Å². The Morgan fingerprint density at radius 2 is 1.64 bits per heavy atom. The first-order chi connectivity index (χ1) is 13.6. The van der Waals surface area contributed by atoms with E-state index in [9.17, 15) is 14.7 Å². The van der Waals surface area contributed by atoms with Crippen LogP contribution in [0.4, 0.5) is 0 Å². The van der Waals surface area contributed by atoms with Crippen molar-refractivity contribution < 1.29 is 28.9 Å². The molecule has 28 heavy (non-hydrogen) atoms. The monoisotopic (exact) mass is 383 g/mol. The molecule has 2 aliphatic rings. The first kappa shape index (κ1) is 18.6. The zero-order valence-electron chi connectivity index (χ0n) is 15.1. The fourth-order valence-corrected chi connectivity index (χ4v) is 3.57. The predicted molar refractivity (Wildman–Crippen MR) is 98.0 cm³/mol. The fourth-order valence-electron chi connectivity index (χ4n) is 3.57. The molecule has 0 aromatic heterocycles. The molecule has 0 unspecified atom stereocenters. The predicted octanol–water partition coefficient (Wildman–Crippen LogP) is 1.81. The van der Waals surface area contributed by atoms with Gasteiger partial charge < -0.3 is 24.2 Å². The highest BCUT2D eigenvalue weighted by atomic mass is 16.7. The van der Waals surface area contributed by atoms with Crippen LogP contribution in [-0.4, -0.2) is 53.0 Å². The van der Waals surface area contributed by atoms with Crippen molar-refractivity contribution in [2.75, 3.05) is 6.61 Å². The summed E-state index contributed by atoms with van der Waals surface area (Å²) in [6.45, 7) is 0.850. The van der Waals surface area contributed by atoms with Crippen LogP contribution in [0.5, 0.6) is 0 Å². The molecule has 2 bridgehead atoms. The number of rotatable bonds is 7. The molecule has 2 aromatic carbocycles. The smallest absolute Gasteiger partial charge is 0.335 e. The molecule has 7 heteroatoms. The Morgan fingerprint density at radius 3 is 2.29 bits per heavy atom. The SMILES string of the molecule is O=C(O)[C@H]1O[C@H]2O[C@H]1[C@H](COCc1ccccc1)N(Cc1ccccc1)C2=O. The molecule has 1 amide bonds. The number of hydrogen-bond donors (Lipinski definition) is 1. The molecule has 0 radical (unpaired) electrons. The molecule has 2 saturated heterocycles. The van der Waals surface area contributed by atoms with Gasteiger partial charge in [-0.1, -0.05) is 60.7 Å². The maximum atomic E-state index is 12.8. The van der Waals surface area contributed by atoms with E-state index in [2.05, 4.69) is 0 Å². The highest BCUT2D eigenvalue weighted by Crippen LogP contribution is 2.33. The number of ether oxygens (including phenoxy) is 3. The van der Waals surface area contributed by atoms with Crippen LogP contribution in [0.15, 0.2) is 60.7 Å². The van der Waals surface area contributed by atoms with Crippen LogP contribution >= 0.6 is 0 Å². The molecular formula is C21H21NO6. The zero-order valence-corrected chi connectivity index (χ0v) is 15.1. The van der Waals surface area contributed by atoms with Gasteiger partial charge >= 0.3 is 5.97 Å². The minimum Gasteiger partial charge on any atom is -0.479 e. The lowest BCUT2D eigenvalue weighted by atomic mass is 10.0. The van der Waals surface area contributed by atoms with Crippen molar-refractivity contribution in [2.45, 2.75) is 37.7 Å². The molecule has 146 valence electrons. The Balaban J connectivity index is 1.53. The van der Waals surface area contributed by atoms with E-state index in [-0.39, 0.29) is 12.5 Å². The Kier molecular flexibility index (Phi) is 5.38. The number of morpholine rings is 1. The van der Waals surface area contributed by atoms with E-state index in [0.29, 0.717) is 13.2 Å². The van der Waals surface area contributed by atoms with Crippen molar-refractivity contribution in [3.63, 3.8) is 0 Å². The number of carbonyl (C=O) groups is 2. The second-order valence-electron chi connectivity index (χ2n) is 6.85. The van der Waals surface area contributed by atoms with E-state index < -0.39 is 30.5 Å². The van der Waals surface area contributed by atoms with E-state index in [4.69, 9.17) is 14.2 Å². The maximum Gasteiger partial charge on any atom is 0.335 e. The van der Waals surface area contributed by atoms with Crippen LogP contribution in [0.1, 0.15) is 11.1 Å². The van der Waals surface area contributed by atoms with Crippen molar-refractivity contribution in [3.05, 3.63) is 71.8 Å². The third-order valence-electron chi connectivity index (χ3n) is 4.95. The van der Waals surface area contributed by atoms with Crippen molar-refractivity contribution >= 4 is 11.9 Å². The third-order valence-corrected chi connectivity index (χ3v) is 4.95. The quantitative estimate of drug-likeness (QED) is 0.785. The first-order valence-electron chi connectivity index (χ1n) is 9.13. The number of amides is 1. The second kappa shape index (κ2) is 8.10. The standard InChI is InChI=1S/C21H21NO6/c23-19-21-27-17(18(28-21)20(24)25)16(13-26-12-15-9-5-2-6-10-15)22(19)11-14-7-3-1-4-8-14/h1-10,16-18,21H,11-13H2,(H,24,25)/t16-,17-,18-,21+/m0/s1. The average molecular weight is 383 g/mol. The maximum absolute atomic E-state index is 12.8. The summed E-state index contributed by atoms with van der Waals surface area (Å²) < 4.78 is 16.8. The van der Waals surface area contributed by atoms with Gasteiger partial charge in [0.25, 0.3) is 5.91 Å². The lowest BCUT2D eigenvalue weighted by Crippen LogP contribution is -2.58. The van der Waals surface area contributed by atoms with Crippen molar-refractivity contribution in [3.8, 4) is 0 Å². The molecule has 0 saturated carbocycles. The van der Waals surface area contributed by atoms with Gasteiger partial charge in [0.05, 0.1) is 19.3 Å². The largest absolute Gasteiger partial charge is 0.479 e. The summed E-state index contributed by atoms with van der Waals surface area (Å²) in [6, 6.07) is 18.6. The molecule has 2 fully saturated rings. The summed E-state index contributed by atoms with van der Waals surface area (Å²) in [5.41, 5.74) is 1.94. The average Bonchev–Trinajstić information content (AvgIpc) is 3.12. The van der Waals surface area contributed by atoms with Crippen LogP contribution in [-0.2, 0) is 37.0 Å². The van der Waals surface area contributed by atoms with Gasteiger partial charge in [-0.2, -0.15) is 0 Å². The Hall–Kier alpha value is -2.74. The highest BCUT2D eigenvalue weighted by Gasteiger charge is 2.55. The summed E-state index contributed by atoms with van der Waals surface area (Å²) in [5.74, 6) is -1.52. The Bertz CT molecular complexity index is 827. The Morgan fingerprint density at radius 1 is 1.00 bits per heavy atom. The molecule has 4 atom stereocenters. The topological polar surface area (TPSA) is 85.3 Å². The minimum atomic E-state index is -1.19. The number of carbonyl (C=O) groups excluding carboxylic acids is 1. The molecule has 1 N–H and O–H groups in total. The molecule has 7 nitrogen and oxygen atoms in total. The lowest BCUT2D eigenvalue weighted by Gasteiger charge is -2.38. The van der Waals surface area contributed by atoms with Crippen LogP contribution in [0.2, 0.25) is 0 Å². The van der Waals surface area contributed by atoms with Gasteiger partial charge in [-0.3, -0.25) is 4.79 Å². The van der Waals surface area contributed by atoms with Crippen molar-refractivity contribution in [2.24, 2.45) is 0 Å². The zero-order chi connectivity index (χ0) is 19.5. The molecule has 4 rings (SSSR count). The van der Waals surface area contributed by atoms with Gasteiger partial charge in [-0.05, 0) is 11.1 Å². The summed E-state index contributed by atoms with van der Waals surface area (Å²) in [4.78, 5) is 26.0. The van der Waals surface area contributed by atoms with Crippen LogP contribution in [0.25, 0.3) is 0 Å². The number of carboxylic acids is 1. The molecule has 2 heterocycles. The highest BCUT2D eigenvalue weighted by molar-refractivity contribution is 5.84. The molecule has 0 spiro atoms. The number of hydrogen-bond acceptors (Lipinski definition) is 5. The lowest BCUT2D eigenvalue weighted by molar-refractivity contribution is -0.183. The van der Waals surface area contributed by atoms with Crippen LogP contribution < -0.4 is 0 Å². The van der Waals surface area contributed by atoms with E-state index in [1.54, 1.807) is 4.90 Å². The van der Waals surface area contributed by atoms with E-state index in [1.165, 1.54) is 0 Å². The number of carboxylic acid groups (broad SMARTS) is 1. The van der Waals surface area contributed by atoms with Crippen molar-refractivity contribution in [1.29, 1.82) is 0 Å². The van der Waals surface area contributed by atoms with Gasteiger partial charge in [-0.25, -0.2) is 4.79 Å². The van der Waals surface area contributed by atoms with Gasteiger partial charge in [0.15, 0.2) is 6.10 Å². The van der Waals surface area contributed by atoms with E-state index >= 15 is 0 Å². The van der Waals surface area contributed by atoms with Crippen LogP contribution in [0, 0.1) is 0 Å². The number of aliphatic carboxylic acids is 1. The number of benzene rings is 2. The van der Waals surface area contributed by atoms with Crippen LogP contribution in [0.3, 0.4) is 0 Å². The van der Waals surface area contributed by atoms with Gasteiger partial charge in [0.2, 0.25) is 6.29 Å². The van der Waals surface area contributed by atoms with Crippen molar-refractivity contribution in [1.82, 2.24) is 4.90 Å². The summed E-state index contributed by atoms with van der Waals surface area (Å²) in [6.07, 6.45) is -3.15. The summed E-state index contributed by atoms with van der Waals surface area (Å²) in [5, 5.41) is 9.47. The minimum absolute atomic E-state index is 0.151. The van der Waals surface area contributed by atoms with E-state index in [1.807, 2.05) is 60.7 Å². The van der Waals surface area contributed by atoms with E-state index in [0.717, 1.165) is 11.1 Å². The molecule has 2 aliphatic heterocycles. The summed E-state index contributed by atoms with van der Waals surface area (Å²) in [7, 11) is 0. The normalized spacial score (nSPS) is 26.4.